The zero-order chi connectivity index (χ0) is 15.6. The first-order chi connectivity index (χ1) is 9.10. The van der Waals surface area contributed by atoms with Gasteiger partial charge in [0.1, 0.15) is 6.04 Å². The van der Waals surface area contributed by atoms with Crippen LogP contribution in [0.25, 0.3) is 0 Å². The van der Waals surface area contributed by atoms with Gasteiger partial charge in [0.25, 0.3) is 0 Å². The monoisotopic (exact) mass is 284 g/mol. The van der Waals surface area contributed by atoms with E-state index in [4.69, 9.17) is 0 Å². The zero-order valence-corrected chi connectivity index (χ0v) is 13.3. The third-order valence-corrected chi connectivity index (χ3v) is 4.44. The Morgan fingerprint density at radius 3 is 2.50 bits per heavy atom. The molecule has 2 amide bonds. The van der Waals surface area contributed by atoms with Crippen LogP contribution in [0.1, 0.15) is 53.9 Å². The first-order valence-electron chi connectivity index (χ1n) is 7.38. The summed E-state index contributed by atoms with van der Waals surface area (Å²) in [5.41, 5.74) is -0.360. The highest BCUT2D eigenvalue weighted by Crippen LogP contribution is 2.35. The van der Waals surface area contributed by atoms with Crippen molar-refractivity contribution >= 4 is 12.0 Å². The summed E-state index contributed by atoms with van der Waals surface area (Å²) in [4.78, 5) is 25.3. The van der Waals surface area contributed by atoms with Crippen molar-refractivity contribution in [2.45, 2.75) is 59.9 Å². The molecule has 0 aromatic heterocycles. The lowest BCUT2D eigenvalue weighted by Crippen LogP contribution is -2.59. The van der Waals surface area contributed by atoms with Crippen molar-refractivity contribution in [3.8, 4) is 0 Å². The van der Waals surface area contributed by atoms with E-state index < -0.39 is 12.0 Å². The Kier molecular flexibility index (Phi) is 5.05. The van der Waals surface area contributed by atoms with Crippen LogP contribution in [0.3, 0.4) is 0 Å². The number of rotatable bonds is 4. The Morgan fingerprint density at radius 2 is 2.00 bits per heavy atom. The zero-order valence-electron chi connectivity index (χ0n) is 13.3. The van der Waals surface area contributed by atoms with Crippen LogP contribution < -0.4 is 5.32 Å². The fraction of sp³-hybridized carbons (Fsp3) is 0.867. The fourth-order valence-corrected chi connectivity index (χ4v) is 2.62. The Labute approximate surface area is 121 Å². The minimum Gasteiger partial charge on any atom is -0.480 e. The van der Waals surface area contributed by atoms with E-state index in [0.29, 0.717) is 13.1 Å². The molecular weight excluding hydrogens is 256 g/mol. The van der Waals surface area contributed by atoms with Crippen molar-refractivity contribution in [3.05, 3.63) is 0 Å². The van der Waals surface area contributed by atoms with Gasteiger partial charge in [-0.3, -0.25) is 0 Å². The highest BCUT2D eigenvalue weighted by atomic mass is 16.4. The summed E-state index contributed by atoms with van der Waals surface area (Å²) in [6.45, 7) is 11.2. The molecule has 1 unspecified atom stereocenters. The van der Waals surface area contributed by atoms with Crippen LogP contribution in [0, 0.1) is 10.8 Å². The maximum Gasteiger partial charge on any atom is 0.327 e. The van der Waals surface area contributed by atoms with Crippen LogP contribution in [0.4, 0.5) is 4.79 Å². The van der Waals surface area contributed by atoms with Crippen molar-refractivity contribution in [1.82, 2.24) is 10.2 Å². The second kappa shape index (κ2) is 6.02. The maximum atomic E-state index is 12.3. The molecule has 0 bridgehead atoms. The van der Waals surface area contributed by atoms with Crippen molar-refractivity contribution in [1.29, 1.82) is 0 Å². The number of nitrogens with one attached hydrogen (secondary N) is 1. The molecule has 0 radical (unpaired) electrons. The van der Waals surface area contributed by atoms with Gasteiger partial charge in [0.15, 0.2) is 0 Å². The molecular formula is C15H28N2O3. The molecule has 1 saturated heterocycles. The Hall–Kier alpha value is -1.26. The molecule has 0 aliphatic carbocycles. The number of nitrogens with zero attached hydrogens (tertiary/aromatic N) is 1. The van der Waals surface area contributed by atoms with Gasteiger partial charge in [0.2, 0.25) is 0 Å². The van der Waals surface area contributed by atoms with E-state index in [9.17, 15) is 14.7 Å². The number of carboxylic acids is 1. The standard InChI is InChI=1S/C15H28N2O3/c1-6-14(2,3)10-16-13(20)17-9-7-8-15(4,5)11(17)12(18)19/h11H,6-10H2,1-5H3,(H,16,20)(H,18,19). The molecule has 0 spiro atoms. The summed E-state index contributed by atoms with van der Waals surface area (Å²) < 4.78 is 0. The summed E-state index contributed by atoms with van der Waals surface area (Å²) in [5, 5.41) is 12.3. The van der Waals surface area contributed by atoms with E-state index >= 15 is 0 Å². The number of carbonyl (C=O) groups excluding carboxylic acids is 1. The largest absolute Gasteiger partial charge is 0.480 e. The molecule has 1 aliphatic rings. The van der Waals surface area contributed by atoms with Crippen molar-refractivity contribution in [2.24, 2.45) is 10.8 Å². The molecule has 5 heteroatoms. The number of likely N-dealkylation sites (tertiary alicyclic amines) is 1. The smallest absolute Gasteiger partial charge is 0.327 e. The van der Waals surface area contributed by atoms with Gasteiger partial charge < -0.3 is 15.3 Å². The van der Waals surface area contributed by atoms with Gasteiger partial charge in [0.05, 0.1) is 0 Å². The number of amides is 2. The van der Waals surface area contributed by atoms with E-state index in [1.165, 1.54) is 4.90 Å². The summed E-state index contributed by atoms with van der Waals surface area (Å²) in [7, 11) is 0. The van der Waals surface area contributed by atoms with E-state index in [2.05, 4.69) is 26.1 Å². The Bertz CT molecular complexity index is 377. The SMILES string of the molecule is CCC(C)(C)CNC(=O)N1CCCC(C)(C)C1C(=O)O. The summed E-state index contributed by atoms with van der Waals surface area (Å²) >= 11 is 0. The minimum absolute atomic E-state index is 0.0275. The van der Waals surface area contributed by atoms with Crippen molar-refractivity contribution in [3.63, 3.8) is 0 Å². The first-order valence-corrected chi connectivity index (χ1v) is 7.38. The number of carboxylic acid groups (broad SMARTS) is 1. The van der Waals surface area contributed by atoms with Crippen LogP contribution >= 0.6 is 0 Å². The third-order valence-electron chi connectivity index (χ3n) is 4.44. The normalized spacial score (nSPS) is 22.4. The van der Waals surface area contributed by atoms with Crippen LogP contribution in [-0.4, -0.2) is 41.1 Å². The molecule has 0 aromatic carbocycles. The van der Waals surface area contributed by atoms with Gasteiger partial charge in [0, 0.05) is 13.1 Å². The lowest BCUT2D eigenvalue weighted by Gasteiger charge is -2.44. The van der Waals surface area contributed by atoms with E-state index in [0.717, 1.165) is 19.3 Å². The predicted octanol–water partition coefficient (Wildman–Crippen LogP) is 2.71. The molecule has 1 atom stereocenters. The Balaban J connectivity index is 2.77. The molecule has 0 saturated carbocycles. The molecule has 20 heavy (non-hydrogen) atoms. The molecule has 1 fully saturated rings. The average molecular weight is 284 g/mol. The number of piperidine rings is 1. The van der Waals surface area contributed by atoms with Gasteiger partial charge in [-0.25, -0.2) is 9.59 Å². The quantitative estimate of drug-likeness (QED) is 0.834. The lowest BCUT2D eigenvalue weighted by atomic mass is 9.76. The van der Waals surface area contributed by atoms with Gasteiger partial charge in [-0.1, -0.05) is 34.6 Å². The van der Waals surface area contributed by atoms with Crippen molar-refractivity contribution in [2.75, 3.05) is 13.1 Å². The molecule has 0 aromatic rings. The topological polar surface area (TPSA) is 69.6 Å². The number of aliphatic carboxylic acids is 1. The highest BCUT2D eigenvalue weighted by molar-refractivity contribution is 5.83. The minimum atomic E-state index is -0.917. The molecule has 1 rings (SSSR count). The van der Waals surface area contributed by atoms with Crippen LogP contribution in [0.5, 0.6) is 0 Å². The number of carbonyl (C=O) groups is 2. The van der Waals surface area contributed by atoms with E-state index in [1.807, 2.05) is 13.8 Å². The fourth-order valence-electron chi connectivity index (χ4n) is 2.62. The van der Waals surface area contributed by atoms with E-state index in [-0.39, 0.29) is 16.9 Å². The molecule has 5 nitrogen and oxygen atoms in total. The van der Waals surface area contributed by atoms with Gasteiger partial charge in [-0.15, -0.1) is 0 Å². The summed E-state index contributed by atoms with van der Waals surface area (Å²) in [5.74, 6) is -0.917. The molecule has 1 aliphatic heterocycles. The first kappa shape index (κ1) is 16.8. The lowest BCUT2D eigenvalue weighted by molar-refractivity contribution is -0.148. The van der Waals surface area contributed by atoms with E-state index in [1.54, 1.807) is 0 Å². The van der Waals surface area contributed by atoms with Crippen LogP contribution in [0.15, 0.2) is 0 Å². The molecule has 2 N–H and O–H groups in total. The molecule has 1 heterocycles. The number of urea groups is 1. The van der Waals surface area contributed by atoms with Gasteiger partial charge in [-0.05, 0) is 30.1 Å². The summed E-state index contributed by atoms with van der Waals surface area (Å²) in [6.07, 6.45) is 2.64. The van der Waals surface area contributed by atoms with Gasteiger partial charge >= 0.3 is 12.0 Å². The predicted molar refractivity (Wildman–Crippen MR) is 78.6 cm³/mol. The molecule has 116 valence electrons. The Morgan fingerprint density at radius 1 is 1.40 bits per heavy atom. The van der Waals surface area contributed by atoms with Crippen molar-refractivity contribution < 1.29 is 14.7 Å². The maximum absolute atomic E-state index is 12.3. The number of hydrogen-bond acceptors (Lipinski definition) is 2. The number of hydrogen-bond donors (Lipinski definition) is 2. The van der Waals surface area contributed by atoms with Crippen LogP contribution in [-0.2, 0) is 4.79 Å². The second-order valence-electron chi connectivity index (χ2n) is 7.20. The summed E-state index contributed by atoms with van der Waals surface area (Å²) in [6, 6.07) is -1.01. The van der Waals surface area contributed by atoms with Crippen LogP contribution in [0.2, 0.25) is 0 Å². The highest BCUT2D eigenvalue weighted by Gasteiger charge is 2.44. The van der Waals surface area contributed by atoms with Gasteiger partial charge in [-0.2, -0.15) is 0 Å². The third kappa shape index (κ3) is 3.87. The average Bonchev–Trinajstić information content (AvgIpc) is 2.34. The second-order valence-corrected chi connectivity index (χ2v) is 7.20.